The van der Waals surface area contributed by atoms with Gasteiger partial charge in [0.15, 0.2) is 17.5 Å². The van der Waals surface area contributed by atoms with Crippen molar-refractivity contribution in [1.29, 1.82) is 0 Å². The molecule has 0 radical (unpaired) electrons. The highest BCUT2D eigenvalue weighted by molar-refractivity contribution is 6.31. The van der Waals surface area contributed by atoms with Gasteiger partial charge in [0.2, 0.25) is 0 Å². The molecule has 2 aromatic rings. The third-order valence-electron chi connectivity index (χ3n) is 4.44. The number of nitrogens with one attached hydrogen (secondary N) is 2. The Morgan fingerprint density at radius 2 is 1.93 bits per heavy atom. The van der Waals surface area contributed by atoms with Gasteiger partial charge in [0.05, 0.1) is 20.3 Å². The molecule has 0 bridgehead atoms. The highest BCUT2D eigenvalue weighted by Crippen LogP contribution is 2.30. The van der Waals surface area contributed by atoms with Crippen molar-refractivity contribution in [2.45, 2.75) is 19.4 Å². The molecule has 1 aliphatic heterocycles. The van der Waals surface area contributed by atoms with Crippen LogP contribution in [0.2, 0.25) is 5.02 Å². The lowest BCUT2D eigenvalue weighted by molar-refractivity contribution is 0.297. The van der Waals surface area contributed by atoms with Gasteiger partial charge in [-0.3, -0.25) is 4.99 Å². The number of guanidine groups is 1. The van der Waals surface area contributed by atoms with Crippen LogP contribution in [0.4, 0.5) is 0 Å². The molecular formula is C21H26ClN3O3. The van der Waals surface area contributed by atoms with Gasteiger partial charge in [-0.1, -0.05) is 23.7 Å². The van der Waals surface area contributed by atoms with Gasteiger partial charge >= 0.3 is 0 Å². The lowest BCUT2D eigenvalue weighted by Gasteiger charge is -2.14. The Bertz CT molecular complexity index is 827. The molecule has 2 aromatic carbocycles. The molecule has 28 heavy (non-hydrogen) atoms. The zero-order chi connectivity index (χ0) is 19.8. The fraction of sp³-hybridized carbons (Fsp3) is 0.381. The molecular weight excluding hydrogens is 378 g/mol. The van der Waals surface area contributed by atoms with E-state index in [1.165, 1.54) is 0 Å². The molecule has 3 rings (SSSR count). The van der Waals surface area contributed by atoms with Gasteiger partial charge in [-0.15, -0.1) is 0 Å². The molecule has 7 heteroatoms. The maximum atomic E-state index is 6.29. The number of benzene rings is 2. The molecule has 0 spiro atoms. The van der Waals surface area contributed by atoms with E-state index in [9.17, 15) is 0 Å². The highest BCUT2D eigenvalue weighted by Gasteiger charge is 2.11. The number of fused-ring (bicyclic) bond motifs is 1. The molecule has 0 aromatic heterocycles. The number of hydrogen-bond acceptors (Lipinski definition) is 4. The fourth-order valence-electron chi connectivity index (χ4n) is 2.90. The van der Waals surface area contributed by atoms with Gasteiger partial charge in [0.1, 0.15) is 5.75 Å². The molecule has 0 atom stereocenters. The number of nitrogens with zero attached hydrogens (tertiary/aromatic N) is 1. The van der Waals surface area contributed by atoms with E-state index in [-0.39, 0.29) is 0 Å². The summed E-state index contributed by atoms with van der Waals surface area (Å²) in [4.78, 5) is 4.27. The molecule has 0 fully saturated rings. The molecule has 150 valence electrons. The van der Waals surface area contributed by atoms with Crippen molar-refractivity contribution in [3.8, 4) is 17.2 Å². The van der Waals surface area contributed by atoms with Crippen LogP contribution in [-0.4, -0.2) is 39.9 Å². The van der Waals surface area contributed by atoms with Gasteiger partial charge in [0.25, 0.3) is 0 Å². The first-order valence-electron chi connectivity index (χ1n) is 9.35. The van der Waals surface area contributed by atoms with E-state index in [1.54, 1.807) is 14.2 Å². The molecule has 1 aliphatic rings. The van der Waals surface area contributed by atoms with Crippen LogP contribution in [0.5, 0.6) is 17.2 Å². The third-order valence-corrected chi connectivity index (χ3v) is 4.79. The largest absolute Gasteiger partial charge is 0.497 e. The van der Waals surface area contributed by atoms with Gasteiger partial charge < -0.3 is 24.8 Å². The molecule has 0 unspecified atom stereocenters. The smallest absolute Gasteiger partial charge is 0.191 e. The Hall–Kier alpha value is -2.60. The van der Waals surface area contributed by atoms with E-state index in [0.29, 0.717) is 31.3 Å². The van der Waals surface area contributed by atoms with Crippen molar-refractivity contribution < 1.29 is 14.2 Å². The van der Waals surface area contributed by atoms with Gasteiger partial charge in [0, 0.05) is 31.6 Å². The molecule has 6 nitrogen and oxygen atoms in total. The maximum Gasteiger partial charge on any atom is 0.191 e. The van der Waals surface area contributed by atoms with E-state index in [0.717, 1.165) is 47.2 Å². The van der Waals surface area contributed by atoms with E-state index < -0.39 is 0 Å². The van der Waals surface area contributed by atoms with E-state index >= 15 is 0 Å². The Morgan fingerprint density at radius 3 is 2.68 bits per heavy atom. The van der Waals surface area contributed by atoms with Crippen molar-refractivity contribution >= 4 is 17.6 Å². The molecule has 2 N–H and O–H groups in total. The predicted molar refractivity (Wildman–Crippen MR) is 112 cm³/mol. The number of aliphatic imine (C=N–C) groups is 1. The summed E-state index contributed by atoms with van der Waals surface area (Å²) in [6.07, 6.45) is 1.69. The second-order valence-corrected chi connectivity index (χ2v) is 6.80. The van der Waals surface area contributed by atoms with Crippen LogP contribution < -0.4 is 24.8 Å². The third kappa shape index (κ3) is 5.45. The molecule has 0 saturated heterocycles. The minimum atomic E-state index is 0.638. The first-order chi connectivity index (χ1) is 13.7. The van der Waals surface area contributed by atoms with Crippen LogP contribution in [0, 0.1) is 0 Å². The summed E-state index contributed by atoms with van der Waals surface area (Å²) in [5, 5.41) is 7.33. The van der Waals surface area contributed by atoms with Crippen LogP contribution >= 0.6 is 11.6 Å². The van der Waals surface area contributed by atoms with E-state index in [2.05, 4.69) is 15.6 Å². The summed E-state index contributed by atoms with van der Waals surface area (Å²) in [5.74, 6) is 3.10. The van der Waals surface area contributed by atoms with Crippen molar-refractivity contribution in [3.05, 3.63) is 52.5 Å². The summed E-state index contributed by atoms with van der Waals surface area (Å²) in [7, 11) is 3.38. The fourth-order valence-corrected chi connectivity index (χ4v) is 3.16. The lowest BCUT2D eigenvalue weighted by atomic mass is 10.1. The lowest BCUT2D eigenvalue weighted by Crippen LogP contribution is -2.37. The SMILES string of the molecule is CN=C(NCCc1ccc(OC)cc1Cl)NCc1ccc2c(c1)OCCCO2. The van der Waals surface area contributed by atoms with Crippen molar-refractivity contribution in [3.63, 3.8) is 0 Å². The van der Waals surface area contributed by atoms with E-state index in [1.807, 2.05) is 36.4 Å². The first-order valence-corrected chi connectivity index (χ1v) is 9.73. The predicted octanol–water partition coefficient (Wildman–Crippen LogP) is 3.42. The Balaban J connectivity index is 1.49. The van der Waals surface area contributed by atoms with Crippen molar-refractivity contribution in [1.82, 2.24) is 10.6 Å². The average Bonchev–Trinajstić information content (AvgIpc) is 2.96. The van der Waals surface area contributed by atoms with Gasteiger partial charge in [-0.25, -0.2) is 0 Å². The van der Waals surface area contributed by atoms with Crippen LogP contribution in [-0.2, 0) is 13.0 Å². The Morgan fingerprint density at radius 1 is 1.11 bits per heavy atom. The Labute approximate surface area is 170 Å². The summed E-state index contributed by atoms with van der Waals surface area (Å²) < 4.78 is 16.6. The topological polar surface area (TPSA) is 64.1 Å². The van der Waals surface area contributed by atoms with Gasteiger partial charge in [-0.2, -0.15) is 0 Å². The molecule has 0 amide bonds. The van der Waals surface area contributed by atoms with Crippen LogP contribution in [0.1, 0.15) is 17.5 Å². The monoisotopic (exact) mass is 403 g/mol. The average molecular weight is 404 g/mol. The number of methoxy groups -OCH3 is 1. The minimum Gasteiger partial charge on any atom is -0.497 e. The van der Waals surface area contributed by atoms with Crippen LogP contribution in [0.25, 0.3) is 0 Å². The molecule has 0 aliphatic carbocycles. The quantitative estimate of drug-likeness (QED) is 0.571. The number of halogens is 1. The van der Waals surface area contributed by atoms with Crippen LogP contribution in [0.15, 0.2) is 41.4 Å². The standard InChI is InChI=1S/C21H26ClN3O3/c1-23-21(24-9-8-16-5-6-17(26-2)13-18(16)22)25-14-15-4-7-19-20(12-15)28-11-3-10-27-19/h4-7,12-13H,3,8-11,14H2,1-2H3,(H2,23,24,25). The Kier molecular flexibility index (Phi) is 7.25. The summed E-state index contributed by atoms with van der Waals surface area (Å²) >= 11 is 6.29. The van der Waals surface area contributed by atoms with Gasteiger partial charge in [-0.05, 0) is 41.8 Å². The normalized spacial score (nSPS) is 13.6. The first kappa shape index (κ1) is 20.1. The number of ether oxygens (including phenoxy) is 3. The second-order valence-electron chi connectivity index (χ2n) is 6.39. The summed E-state index contributed by atoms with van der Waals surface area (Å²) in [5.41, 5.74) is 2.17. The van der Waals surface area contributed by atoms with Crippen molar-refractivity contribution in [2.75, 3.05) is 33.9 Å². The highest BCUT2D eigenvalue weighted by atomic mass is 35.5. The molecule has 1 heterocycles. The number of hydrogen-bond donors (Lipinski definition) is 2. The molecule has 0 saturated carbocycles. The zero-order valence-corrected chi connectivity index (χ0v) is 17.0. The van der Waals surface area contributed by atoms with E-state index in [4.69, 9.17) is 25.8 Å². The minimum absolute atomic E-state index is 0.638. The maximum absolute atomic E-state index is 6.29. The summed E-state index contributed by atoms with van der Waals surface area (Å²) in [6, 6.07) is 11.7. The second kappa shape index (κ2) is 10.1. The zero-order valence-electron chi connectivity index (χ0n) is 16.3. The van der Waals surface area contributed by atoms with Crippen LogP contribution in [0.3, 0.4) is 0 Å². The van der Waals surface area contributed by atoms with Crippen molar-refractivity contribution in [2.24, 2.45) is 4.99 Å². The summed E-state index contributed by atoms with van der Waals surface area (Å²) in [6.45, 7) is 2.73. The number of rotatable bonds is 6.